The van der Waals surface area contributed by atoms with E-state index in [4.69, 9.17) is 5.73 Å². The second-order valence-corrected chi connectivity index (χ2v) is 5.36. The molecule has 1 heterocycles. The minimum Gasteiger partial charge on any atom is -0.399 e. The summed E-state index contributed by atoms with van der Waals surface area (Å²) >= 11 is 0. The number of para-hydroxylation sites is 1. The minimum absolute atomic E-state index is 0.00454. The Morgan fingerprint density at radius 2 is 2.05 bits per heavy atom. The molecule has 0 aliphatic carbocycles. The van der Waals surface area contributed by atoms with Gasteiger partial charge < -0.3 is 10.7 Å². The molecule has 1 aromatic heterocycles. The number of aromatic amines is 1. The SMILES string of the molecule is CCc1cccc2c(C(=O)c3cc(C)cc(N)c3)c[nH]c12. The molecule has 0 aliphatic rings. The van der Waals surface area contributed by atoms with E-state index in [1.54, 1.807) is 12.3 Å². The number of nitrogens with one attached hydrogen (secondary N) is 1. The number of rotatable bonds is 3. The number of carbonyl (C=O) groups is 1. The molecule has 0 spiro atoms. The van der Waals surface area contributed by atoms with Gasteiger partial charge in [0.2, 0.25) is 0 Å². The fourth-order valence-corrected chi connectivity index (χ4v) is 2.80. The molecule has 0 bridgehead atoms. The van der Waals surface area contributed by atoms with Crippen LogP contribution in [0.1, 0.15) is 34.0 Å². The topological polar surface area (TPSA) is 58.9 Å². The van der Waals surface area contributed by atoms with Crippen LogP contribution in [0.25, 0.3) is 10.9 Å². The molecule has 3 nitrogen and oxygen atoms in total. The molecule has 0 saturated heterocycles. The molecule has 3 rings (SSSR count). The number of nitrogen functional groups attached to an aromatic ring is 1. The molecule has 0 fully saturated rings. The molecule has 0 atom stereocenters. The van der Waals surface area contributed by atoms with Gasteiger partial charge in [0.25, 0.3) is 0 Å². The normalized spacial score (nSPS) is 11.0. The van der Waals surface area contributed by atoms with Crippen molar-refractivity contribution in [2.45, 2.75) is 20.3 Å². The molecular weight excluding hydrogens is 260 g/mol. The predicted octanol–water partition coefficient (Wildman–Crippen LogP) is 3.85. The van der Waals surface area contributed by atoms with Crippen LogP contribution in [0.5, 0.6) is 0 Å². The van der Waals surface area contributed by atoms with Gasteiger partial charge in [0.15, 0.2) is 5.78 Å². The summed E-state index contributed by atoms with van der Waals surface area (Å²) in [6.45, 7) is 4.05. The summed E-state index contributed by atoms with van der Waals surface area (Å²) < 4.78 is 0. The van der Waals surface area contributed by atoms with E-state index in [9.17, 15) is 4.79 Å². The minimum atomic E-state index is 0.00454. The molecule has 106 valence electrons. The maximum Gasteiger partial charge on any atom is 0.195 e. The fraction of sp³-hybridized carbons (Fsp3) is 0.167. The smallest absolute Gasteiger partial charge is 0.195 e. The van der Waals surface area contributed by atoms with E-state index in [2.05, 4.69) is 18.0 Å². The zero-order chi connectivity index (χ0) is 15.0. The zero-order valence-electron chi connectivity index (χ0n) is 12.2. The molecule has 3 N–H and O–H groups in total. The van der Waals surface area contributed by atoms with Gasteiger partial charge in [-0.1, -0.05) is 25.1 Å². The standard InChI is InChI=1S/C18H18N2O/c1-3-12-5-4-6-15-16(10-20-17(12)15)18(21)13-7-11(2)8-14(19)9-13/h4-10,20H,3,19H2,1-2H3. The van der Waals surface area contributed by atoms with Crippen molar-refractivity contribution in [3.63, 3.8) is 0 Å². The molecule has 21 heavy (non-hydrogen) atoms. The number of H-pyrrole nitrogens is 1. The average Bonchev–Trinajstić information content (AvgIpc) is 2.89. The maximum absolute atomic E-state index is 12.7. The summed E-state index contributed by atoms with van der Waals surface area (Å²) in [6.07, 6.45) is 2.73. The second-order valence-electron chi connectivity index (χ2n) is 5.36. The molecular formula is C18H18N2O. The lowest BCUT2D eigenvalue weighted by Crippen LogP contribution is -2.02. The number of anilines is 1. The van der Waals surface area contributed by atoms with Gasteiger partial charge in [-0.3, -0.25) is 4.79 Å². The Balaban J connectivity index is 2.14. The molecule has 0 aliphatic heterocycles. The quantitative estimate of drug-likeness (QED) is 0.564. The van der Waals surface area contributed by atoms with Crippen molar-refractivity contribution in [1.82, 2.24) is 4.98 Å². The second kappa shape index (κ2) is 5.09. The monoisotopic (exact) mass is 278 g/mol. The van der Waals surface area contributed by atoms with Gasteiger partial charge in [-0.25, -0.2) is 0 Å². The Labute approximate surface area is 123 Å². The predicted molar refractivity (Wildman–Crippen MR) is 86.7 cm³/mol. The number of aromatic nitrogens is 1. The van der Waals surface area contributed by atoms with Crippen molar-refractivity contribution in [2.24, 2.45) is 0 Å². The Bertz CT molecular complexity index is 810. The third-order valence-corrected chi connectivity index (χ3v) is 3.79. The van der Waals surface area contributed by atoms with Gasteiger partial charge in [-0.05, 0) is 42.7 Å². The number of carbonyl (C=O) groups excluding carboxylic acids is 1. The van der Waals surface area contributed by atoms with E-state index in [1.165, 1.54) is 5.56 Å². The third kappa shape index (κ3) is 2.31. The van der Waals surface area contributed by atoms with Crippen molar-refractivity contribution in [3.8, 4) is 0 Å². The Kier molecular flexibility index (Phi) is 3.26. The Morgan fingerprint density at radius 1 is 1.24 bits per heavy atom. The number of hydrogen-bond donors (Lipinski definition) is 2. The highest BCUT2D eigenvalue weighted by molar-refractivity contribution is 6.17. The average molecular weight is 278 g/mol. The first-order chi connectivity index (χ1) is 10.1. The highest BCUT2D eigenvalue weighted by atomic mass is 16.1. The van der Waals surface area contributed by atoms with E-state index in [0.29, 0.717) is 16.8 Å². The first-order valence-corrected chi connectivity index (χ1v) is 7.11. The highest BCUT2D eigenvalue weighted by Crippen LogP contribution is 2.25. The summed E-state index contributed by atoms with van der Waals surface area (Å²) in [5.74, 6) is 0.00454. The van der Waals surface area contributed by atoms with Crippen LogP contribution in [-0.2, 0) is 6.42 Å². The Hall–Kier alpha value is -2.55. The van der Waals surface area contributed by atoms with E-state index in [-0.39, 0.29) is 5.78 Å². The number of benzene rings is 2. The molecule has 3 aromatic rings. The van der Waals surface area contributed by atoms with Gasteiger partial charge in [0.1, 0.15) is 0 Å². The zero-order valence-corrected chi connectivity index (χ0v) is 12.2. The van der Waals surface area contributed by atoms with Crippen LogP contribution in [-0.4, -0.2) is 10.8 Å². The summed E-state index contributed by atoms with van der Waals surface area (Å²) in [5, 5.41) is 0.972. The lowest BCUT2D eigenvalue weighted by molar-refractivity contribution is 0.104. The van der Waals surface area contributed by atoms with Crippen LogP contribution in [0.3, 0.4) is 0 Å². The first-order valence-electron chi connectivity index (χ1n) is 7.11. The van der Waals surface area contributed by atoms with Crippen molar-refractivity contribution >= 4 is 22.4 Å². The highest BCUT2D eigenvalue weighted by Gasteiger charge is 2.15. The number of aryl methyl sites for hydroxylation is 2. The molecule has 0 amide bonds. The summed E-state index contributed by atoms with van der Waals surface area (Å²) in [5.41, 5.74) is 11.1. The maximum atomic E-state index is 12.7. The Morgan fingerprint density at radius 3 is 2.76 bits per heavy atom. The fourth-order valence-electron chi connectivity index (χ4n) is 2.80. The van der Waals surface area contributed by atoms with Crippen LogP contribution < -0.4 is 5.73 Å². The van der Waals surface area contributed by atoms with E-state index < -0.39 is 0 Å². The van der Waals surface area contributed by atoms with Crippen LogP contribution in [0.2, 0.25) is 0 Å². The molecule has 0 saturated carbocycles. The summed E-state index contributed by atoms with van der Waals surface area (Å²) in [6, 6.07) is 11.5. The molecule has 2 aromatic carbocycles. The molecule has 0 unspecified atom stereocenters. The van der Waals surface area contributed by atoms with Gasteiger partial charge in [-0.2, -0.15) is 0 Å². The van der Waals surface area contributed by atoms with Crippen molar-refractivity contribution in [1.29, 1.82) is 0 Å². The first kappa shape index (κ1) is 13.4. The van der Waals surface area contributed by atoms with Gasteiger partial charge in [0.05, 0.1) is 0 Å². The van der Waals surface area contributed by atoms with Gasteiger partial charge in [0, 0.05) is 33.9 Å². The summed E-state index contributed by atoms with van der Waals surface area (Å²) in [7, 11) is 0. The van der Waals surface area contributed by atoms with Crippen LogP contribution in [0.4, 0.5) is 5.69 Å². The van der Waals surface area contributed by atoms with Crippen molar-refractivity contribution < 1.29 is 4.79 Å². The summed E-state index contributed by atoms with van der Waals surface area (Å²) in [4.78, 5) is 16.0. The lowest BCUT2D eigenvalue weighted by Gasteiger charge is -2.04. The van der Waals surface area contributed by atoms with E-state index >= 15 is 0 Å². The largest absolute Gasteiger partial charge is 0.399 e. The molecule has 0 radical (unpaired) electrons. The van der Waals surface area contributed by atoms with E-state index in [0.717, 1.165) is 22.9 Å². The van der Waals surface area contributed by atoms with Crippen LogP contribution in [0.15, 0.2) is 42.6 Å². The number of nitrogens with two attached hydrogens (primary N) is 1. The van der Waals surface area contributed by atoms with Crippen LogP contribution >= 0.6 is 0 Å². The van der Waals surface area contributed by atoms with E-state index in [1.807, 2.05) is 31.2 Å². The van der Waals surface area contributed by atoms with Crippen LogP contribution in [0, 0.1) is 6.92 Å². The van der Waals surface area contributed by atoms with Crippen molar-refractivity contribution in [3.05, 3.63) is 64.8 Å². The lowest BCUT2D eigenvalue weighted by atomic mass is 9.99. The van der Waals surface area contributed by atoms with Gasteiger partial charge in [-0.15, -0.1) is 0 Å². The molecule has 3 heteroatoms. The number of ketones is 1. The number of hydrogen-bond acceptors (Lipinski definition) is 2. The van der Waals surface area contributed by atoms with Gasteiger partial charge >= 0.3 is 0 Å². The van der Waals surface area contributed by atoms with Crippen molar-refractivity contribution in [2.75, 3.05) is 5.73 Å². The number of fused-ring (bicyclic) bond motifs is 1. The third-order valence-electron chi connectivity index (χ3n) is 3.79.